The number of benzene rings is 2. The van der Waals surface area contributed by atoms with Gasteiger partial charge in [-0.15, -0.1) is 0 Å². The maximum absolute atomic E-state index is 11.4. The average Bonchev–Trinajstić information content (AvgIpc) is 2.60. The Labute approximate surface area is 136 Å². The van der Waals surface area contributed by atoms with Crippen molar-refractivity contribution in [3.63, 3.8) is 0 Å². The zero-order valence-corrected chi connectivity index (χ0v) is 13.4. The lowest BCUT2D eigenvalue weighted by Gasteiger charge is -2.16. The first-order valence-electron chi connectivity index (χ1n) is 7.41. The number of carbonyl (C=O) groups is 1. The summed E-state index contributed by atoms with van der Waals surface area (Å²) >= 11 is 0. The van der Waals surface area contributed by atoms with Crippen LogP contribution in [0.2, 0.25) is 0 Å². The van der Waals surface area contributed by atoms with E-state index in [-0.39, 0.29) is 11.9 Å². The normalized spacial score (nSPS) is 11.4. The number of hydrogen-bond acceptors (Lipinski definition) is 3. The van der Waals surface area contributed by atoms with E-state index in [9.17, 15) is 4.79 Å². The molecule has 1 atom stereocenters. The van der Waals surface area contributed by atoms with Crippen LogP contribution in [0.4, 0.5) is 0 Å². The van der Waals surface area contributed by atoms with Crippen molar-refractivity contribution in [3.05, 3.63) is 72.3 Å². The van der Waals surface area contributed by atoms with Crippen LogP contribution in [0.3, 0.4) is 0 Å². The lowest BCUT2D eigenvalue weighted by atomic mass is 10.1. The maximum atomic E-state index is 11.4. The molecule has 0 saturated heterocycles. The molecule has 0 aliphatic rings. The second kappa shape index (κ2) is 8.03. The third kappa shape index (κ3) is 4.61. The molecule has 0 aromatic heterocycles. The molecule has 1 unspecified atom stereocenters. The highest BCUT2D eigenvalue weighted by atomic mass is 16.5. The van der Waals surface area contributed by atoms with Gasteiger partial charge in [-0.3, -0.25) is 4.79 Å². The van der Waals surface area contributed by atoms with Crippen LogP contribution in [-0.4, -0.2) is 13.0 Å². The van der Waals surface area contributed by atoms with Gasteiger partial charge in [-0.25, -0.2) is 0 Å². The number of ether oxygens (including phenoxy) is 2. The van der Waals surface area contributed by atoms with Gasteiger partial charge in [0.15, 0.2) is 11.5 Å². The number of amides is 1. The van der Waals surface area contributed by atoms with Crippen molar-refractivity contribution >= 4 is 5.91 Å². The zero-order chi connectivity index (χ0) is 16.7. The molecular weight excluding hydrogens is 290 g/mol. The van der Waals surface area contributed by atoms with Gasteiger partial charge in [-0.2, -0.15) is 0 Å². The van der Waals surface area contributed by atoms with Gasteiger partial charge in [0.05, 0.1) is 13.2 Å². The van der Waals surface area contributed by atoms with Gasteiger partial charge in [0.25, 0.3) is 0 Å². The molecule has 0 fully saturated rings. The van der Waals surface area contributed by atoms with Crippen LogP contribution in [0.25, 0.3) is 0 Å². The van der Waals surface area contributed by atoms with Crippen molar-refractivity contribution in [2.75, 3.05) is 7.11 Å². The quantitative estimate of drug-likeness (QED) is 0.794. The molecule has 0 aliphatic carbocycles. The van der Waals surface area contributed by atoms with Crippen molar-refractivity contribution in [3.8, 4) is 11.5 Å². The van der Waals surface area contributed by atoms with E-state index in [4.69, 9.17) is 9.47 Å². The largest absolute Gasteiger partial charge is 0.493 e. The monoisotopic (exact) mass is 311 g/mol. The minimum absolute atomic E-state index is 0.141. The summed E-state index contributed by atoms with van der Waals surface area (Å²) in [5.74, 6) is 1.10. The second-order valence-electron chi connectivity index (χ2n) is 5.12. The van der Waals surface area contributed by atoms with Crippen LogP contribution in [0.1, 0.15) is 24.1 Å². The molecule has 2 aromatic carbocycles. The lowest BCUT2D eigenvalue weighted by molar-refractivity contribution is -0.117. The summed E-state index contributed by atoms with van der Waals surface area (Å²) < 4.78 is 11.2. The highest BCUT2D eigenvalue weighted by molar-refractivity contribution is 5.87. The fourth-order valence-corrected chi connectivity index (χ4v) is 2.16. The molecule has 1 N–H and O–H groups in total. The topological polar surface area (TPSA) is 47.6 Å². The van der Waals surface area contributed by atoms with E-state index < -0.39 is 0 Å². The van der Waals surface area contributed by atoms with Gasteiger partial charge < -0.3 is 14.8 Å². The third-order valence-electron chi connectivity index (χ3n) is 3.47. The summed E-state index contributed by atoms with van der Waals surface area (Å²) in [4.78, 5) is 11.4. The van der Waals surface area contributed by atoms with E-state index in [0.29, 0.717) is 18.1 Å². The van der Waals surface area contributed by atoms with Gasteiger partial charge in [0.2, 0.25) is 5.91 Å². The first-order chi connectivity index (χ1) is 11.1. The van der Waals surface area contributed by atoms with Crippen molar-refractivity contribution in [1.82, 2.24) is 5.32 Å². The molecular formula is C19H21NO3. The third-order valence-corrected chi connectivity index (χ3v) is 3.47. The first kappa shape index (κ1) is 16.6. The fraction of sp³-hybridized carbons (Fsp3) is 0.211. The highest BCUT2D eigenvalue weighted by Crippen LogP contribution is 2.31. The van der Waals surface area contributed by atoms with Crippen LogP contribution in [0, 0.1) is 0 Å². The van der Waals surface area contributed by atoms with Crippen LogP contribution in [0.5, 0.6) is 11.5 Å². The molecule has 0 saturated carbocycles. The predicted molar refractivity (Wildman–Crippen MR) is 90.5 cm³/mol. The molecule has 120 valence electrons. The van der Waals surface area contributed by atoms with Gasteiger partial charge >= 0.3 is 0 Å². The van der Waals surface area contributed by atoms with Crippen molar-refractivity contribution in [2.24, 2.45) is 0 Å². The van der Waals surface area contributed by atoms with E-state index in [2.05, 4.69) is 11.9 Å². The Morgan fingerprint density at radius 2 is 1.96 bits per heavy atom. The minimum atomic E-state index is -0.208. The number of rotatable bonds is 7. The summed E-state index contributed by atoms with van der Waals surface area (Å²) in [7, 11) is 1.60. The Morgan fingerprint density at radius 3 is 2.61 bits per heavy atom. The molecule has 2 aromatic rings. The number of hydrogen-bond donors (Lipinski definition) is 1. The smallest absolute Gasteiger partial charge is 0.243 e. The van der Waals surface area contributed by atoms with Gasteiger partial charge in [0.1, 0.15) is 6.61 Å². The summed E-state index contributed by atoms with van der Waals surface area (Å²) in [6.07, 6.45) is 1.26. The van der Waals surface area contributed by atoms with Crippen molar-refractivity contribution < 1.29 is 14.3 Å². The van der Waals surface area contributed by atoms with Crippen LogP contribution in [0.15, 0.2) is 61.2 Å². The average molecular weight is 311 g/mol. The Bertz CT molecular complexity index is 668. The maximum Gasteiger partial charge on any atom is 0.243 e. The van der Waals surface area contributed by atoms with Gasteiger partial charge in [-0.1, -0.05) is 43.0 Å². The van der Waals surface area contributed by atoms with Crippen LogP contribution in [-0.2, 0) is 11.4 Å². The second-order valence-corrected chi connectivity index (χ2v) is 5.12. The summed E-state index contributed by atoms with van der Waals surface area (Å²) in [5.41, 5.74) is 2.02. The van der Waals surface area contributed by atoms with Crippen molar-refractivity contribution in [2.45, 2.75) is 19.6 Å². The van der Waals surface area contributed by atoms with Crippen LogP contribution >= 0.6 is 0 Å². The number of methoxy groups -OCH3 is 1. The zero-order valence-electron chi connectivity index (χ0n) is 13.4. The van der Waals surface area contributed by atoms with E-state index in [1.165, 1.54) is 6.08 Å². The Kier molecular flexibility index (Phi) is 5.80. The van der Waals surface area contributed by atoms with Gasteiger partial charge in [0, 0.05) is 0 Å². The molecule has 0 radical (unpaired) electrons. The standard InChI is InChI=1S/C19H21NO3/c1-4-19(21)20-14(2)16-10-11-17(18(12-16)22-3)23-13-15-8-6-5-7-9-15/h4-12,14H,1,13H2,2-3H3,(H,20,21). The van der Waals surface area contributed by atoms with E-state index in [1.54, 1.807) is 7.11 Å². The van der Waals surface area contributed by atoms with E-state index >= 15 is 0 Å². The SMILES string of the molecule is C=CC(=O)NC(C)c1ccc(OCc2ccccc2)c(OC)c1. The fourth-order valence-electron chi connectivity index (χ4n) is 2.16. The highest BCUT2D eigenvalue weighted by Gasteiger charge is 2.12. The molecule has 0 spiro atoms. The molecule has 4 nitrogen and oxygen atoms in total. The Balaban J connectivity index is 2.09. The summed E-state index contributed by atoms with van der Waals surface area (Å²) in [5, 5.41) is 2.82. The molecule has 4 heteroatoms. The predicted octanol–water partition coefficient (Wildman–Crippen LogP) is 3.64. The molecule has 1 amide bonds. The molecule has 0 aliphatic heterocycles. The minimum Gasteiger partial charge on any atom is -0.493 e. The Hall–Kier alpha value is -2.75. The molecule has 0 heterocycles. The molecule has 23 heavy (non-hydrogen) atoms. The van der Waals surface area contributed by atoms with E-state index in [1.807, 2.05) is 55.5 Å². The van der Waals surface area contributed by atoms with Crippen LogP contribution < -0.4 is 14.8 Å². The number of nitrogens with one attached hydrogen (secondary N) is 1. The first-order valence-corrected chi connectivity index (χ1v) is 7.41. The van der Waals surface area contributed by atoms with Crippen molar-refractivity contribution in [1.29, 1.82) is 0 Å². The summed E-state index contributed by atoms with van der Waals surface area (Å²) in [6.45, 7) is 5.83. The number of carbonyl (C=O) groups excluding carboxylic acids is 1. The Morgan fingerprint density at radius 1 is 1.22 bits per heavy atom. The van der Waals surface area contributed by atoms with E-state index in [0.717, 1.165) is 11.1 Å². The molecule has 2 rings (SSSR count). The summed E-state index contributed by atoms with van der Waals surface area (Å²) in [6, 6.07) is 15.4. The molecule has 0 bridgehead atoms. The van der Waals surface area contributed by atoms with Gasteiger partial charge in [-0.05, 0) is 36.3 Å². The lowest BCUT2D eigenvalue weighted by Crippen LogP contribution is -2.24.